The number of hydrogen-bond donors (Lipinski definition) is 2. The van der Waals surface area contributed by atoms with Gasteiger partial charge in [-0.25, -0.2) is 0 Å². The minimum Gasteiger partial charge on any atom is -0.438 e. The molecule has 0 aliphatic carbocycles. The molecule has 186 valence electrons. The Hall–Kier alpha value is -2.00. The van der Waals surface area contributed by atoms with E-state index in [2.05, 4.69) is 21.2 Å². The number of nitrogens with one attached hydrogen (secondary N) is 1. The third kappa shape index (κ3) is 7.03. The molecular formula is C24H24BrClNO6PS. The molecule has 3 rings (SSSR count). The SMILES string of the molecule is CC(C)(C)C(=O)OCOP(=O)(O)C(C(=O)NC=Cc1ccccc1Br)c1csc2ccc(Cl)cc12. The summed E-state index contributed by atoms with van der Waals surface area (Å²) < 4.78 is 25.0. The van der Waals surface area contributed by atoms with Crippen LogP contribution in [0.25, 0.3) is 16.2 Å². The van der Waals surface area contributed by atoms with Crippen molar-refractivity contribution in [2.45, 2.75) is 26.4 Å². The van der Waals surface area contributed by atoms with Gasteiger partial charge in [-0.05, 0) is 73.0 Å². The number of esters is 1. The minimum absolute atomic E-state index is 0.285. The number of ether oxygens (including phenoxy) is 1. The summed E-state index contributed by atoms with van der Waals surface area (Å²) >= 11 is 10.9. The van der Waals surface area contributed by atoms with Gasteiger partial charge in [0.15, 0.2) is 5.66 Å². The molecule has 1 heterocycles. The van der Waals surface area contributed by atoms with Crippen molar-refractivity contribution in [2.75, 3.05) is 6.79 Å². The van der Waals surface area contributed by atoms with E-state index in [0.29, 0.717) is 10.4 Å². The first-order chi connectivity index (χ1) is 16.4. The number of carbonyl (C=O) groups is 2. The number of hydrogen-bond acceptors (Lipinski definition) is 6. The second-order valence-corrected chi connectivity index (χ2v) is 12.7. The molecule has 0 saturated carbocycles. The summed E-state index contributed by atoms with van der Waals surface area (Å²) in [5.74, 6) is -1.37. The summed E-state index contributed by atoms with van der Waals surface area (Å²) in [7, 11) is -4.67. The molecule has 0 radical (unpaired) electrons. The predicted molar refractivity (Wildman–Crippen MR) is 142 cm³/mol. The highest BCUT2D eigenvalue weighted by Gasteiger charge is 2.42. The van der Waals surface area contributed by atoms with Gasteiger partial charge < -0.3 is 14.9 Å². The van der Waals surface area contributed by atoms with Crippen molar-refractivity contribution in [1.29, 1.82) is 0 Å². The molecule has 2 unspecified atom stereocenters. The van der Waals surface area contributed by atoms with Crippen LogP contribution in [0.4, 0.5) is 0 Å². The normalized spacial score (nSPS) is 14.6. The first-order valence-corrected chi connectivity index (χ1v) is 14.1. The Kier molecular flexibility index (Phi) is 8.96. The molecule has 0 aliphatic heterocycles. The molecule has 1 amide bonds. The zero-order valence-electron chi connectivity index (χ0n) is 19.2. The molecule has 3 aromatic rings. The summed E-state index contributed by atoms with van der Waals surface area (Å²) in [6.07, 6.45) is 3.03. The van der Waals surface area contributed by atoms with Crippen LogP contribution in [0.15, 0.2) is 58.5 Å². The van der Waals surface area contributed by atoms with Gasteiger partial charge >= 0.3 is 13.6 Å². The Morgan fingerprint density at radius 1 is 1.26 bits per heavy atom. The van der Waals surface area contributed by atoms with Gasteiger partial charge in [0, 0.05) is 20.4 Å². The van der Waals surface area contributed by atoms with Gasteiger partial charge in [-0.2, -0.15) is 0 Å². The predicted octanol–water partition coefficient (Wildman–Crippen LogP) is 6.89. The van der Waals surface area contributed by atoms with E-state index in [1.807, 2.05) is 24.3 Å². The smallest absolute Gasteiger partial charge is 0.347 e. The quantitative estimate of drug-likeness (QED) is 0.166. The molecule has 0 fully saturated rings. The minimum atomic E-state index is -4.67. The van der Waals surface area contributed by atoms with Gasteiger partial charge in [0.05, 0.1) is 5.41 Å². The lowest BCUT2D eigenvalue weighted by Gasteiger charge is -2.22. The fraction of sp³-hybridized carbons (Fsp3) is 0.250. The first-order valence-electron chi connectivity index (χ1n) is 10.4. The Morgan fingerprint density at radius 3 is 2.66 bits per heavy atom. The molecule has 2 N–H and O–H groups in total. The summed E-state index contributed by atoms with van der Waals surface area (Å²) in [6.45, 7) is 4.15. The van der Waals surface area contributed by atoms with E-state index in [-0.39, 0.29) is 5.56 Å². The highest BCUT2D eigenvalue weighted by molar-refractivity contribution is 9.10. The van der Waals surface area contributed by atoms with Crippen molar-refractivity contribution in [3.63, 3.8) is 0 Å². The van der Waals surface area contributed by atoms with E-state index in [0.717, 1.165) is 14.7 Å². The molecule has 35 heavy (non-hydrogen) atoms. The number of amides is 1. The molecule has 0 spiro atoms. The lowest BCUT2D eigenvalue weighted by atomic mass is 9.98. The van der Waals surface area contributed by atoms with Crippen molar-refractivity contribution in [2.24, 2.45) is 5.41 Å². The largest absolute Gasteiger partial charge is 0.438 e. The van der Waals surface area contributed by atoms with E-state index in [1.165, 1.54) is 17.5 Å². The van der Waals surface area contributed by atoms with Crippen molar-refractivity contribution in [3.05, 3.63) is 74.7 Å². The van der Waals surface area contributed by atoms with Gasteiger partial charge in [-0.1, -0.05) is 45.7 Å². The van der Waals surface area contributed by atoms with Crippen LogP contribution in [0.1, 0.15) is 37.6 Å². The Balaban J connectivity index is 1.90. The van der Waals surface area contributed by atoms with Crippen LogP contribution in [-0.4, -0.2) is 23.6 Å². The third-order valence-electron chi connectivity index (χ3n) is 4.87. The van der Waals surface area contributed by atoms with Crippen LogP contribution in [-0.2, 0) is 23.4 Å². The highest BCUT2D eigenvalue weighted by Crippen LogP contribution is 2.58. The third-order valence-corrected chi connectivity index (χ3v) is 8.45. The molecular weight excluding hydrogens is 577 g/mol. The van der Waals surface area contributed by atoms with Gasteiger partial charge in [-0.3, -0.25) is 18.7 Å². The van der Waals surface area contributed by atoms with Crippen LogP contribution in [0.3, 0.4) is 0 Å². The first kappa shape index (κ1) is 27.6. The summed E-state index contributed by atoms with van der Waals surface area (Å²) in [6, 6.07) is 12.5. The Morgan fingerprint density at radius 2 is 1.97 bits per heavy atom. The number of thiophene rings is 1. The average Bonchev–Trinajstić information content (AvgIpc) is 3.16. The molecule has 2 aromatic carbocycles. The molecule has 0 aliphatic rings. The number of carbonyl (C=O) groups excluding carboxylic acids is 2. The zero-order valence-corrected chi connectivity index (χ0v) is 23.2. The van der Waals surface area contributed by atoms with E-state index < -0.39 is 37.3 Å². The molecule has 0 bridgehead atoms. The molecule has 11 heteroatoms. The van der Waals surface area contributed by atoms with Gasteiger partial charge in [0.25, 0.3) is 0 Å². The van der Waals surface area contributed by atoms with Crippen LogP contribution >= 0.6 is 46.5 Å². The summed E-state index contributed by atoms with van der Waals surface area (Å²) in [4.78, 5) is 36.1. The van der Waals surface area contributed by atoms with Crippen molar-refractivity contribution in [1.82, 2.24) is 5.32 Å². The topological polar surface area (TPSA) is 102 Å². The molecule has 7 nitrogen and oxygen atoms in total. The zero-order chi connectivity index (χ0) is 25.8. The molecule has 2 atom stereocenters. The standard InChI is InChI=1S/C24H24BrClNO6PS/c1-24(2,3)23(29)32-14-33-34(30,31)21(18-13-35-20-9-8-16(26)12-17(18)20)22(28)27-11-10-15-6-4-5-7-19(15)25/h4-13,21H,14H2,1-3H3,(H,27,28)(H,30,31). The Labute approximate surface area is 220 Å². The van der Waals surface area contributed by atoms with Crippen LogP contribution in [0.2, 0.25) is 5.02 Å². The second-order valence-electron chi connectivity index (χ2n) is 8.59. The maximum Gasteiger partial charge on any atom is 0.347 e. The highest BCUT2D eigenvalue weighted by atomic mass is 79.9. The van der Waals surface area contributed by atoms with E-state index in [9.17, 15) is 19.0 Å². The number of rotatable bonds is 8. The monoisotopic (exact) mass is 599 g/mol. The molecule has 0 saturated heterocycles. The lowest BCUT2D eigenvalue weighted by molar-refractivity contribution is -0.159. The fourth-order valence-electron chi connectivity index (χ4n) is 3.05. The number of halogens is 2. The van der Waals surface area contributed by atoms with Gasteiger partial charge in [0.2, 0.25) is 12.7 Å². The van der Waals surface area contributed by atoms with Crippen LogP contribution in [0, 0.1) is 5.41 Å². The van der Waals surface area contributed by atoms with Crippen LogP contribution < -0.4 is 5.32 Å². The summed E-state index contributed by atoms with van der Waals surface area (Å²) in [5, 5.41) is 5.16. The fourth-order valence-corrected chi connectivity index (χ4v) is 5.99. The lowest BCUT2D eigenvalue weighted by Crippen LogP contribution is -2.27. The number of benzene rings is 2. The van der Waals surface area contributed by atoms with Crippen molar-refractivity contribution >= 4 is 74.5 Å². The molecule has 1 aromatic heterocycles. The van der Waals surface area contributed by atoms with Crippen molar-refractivity contribution < 1.29 is 28.3 Å². The maximum absolute atomic E-state index is 13.3. The summed E-state index contributed by atoms with van der Waals surface area (Å²) in [5.41, 5.74) is -1.33. The van der Waals surface area contributed by atoms with E-state index in [1.54, 1.807) is 50.4 Å². The van der Waals surface area contributed by atoms with Crippen LogP contribution in [0.5, 0.6) is 0 Å². The van der Waals surface area contributed by atoms with E-state index in [4.69, 9.17) is 20.9 Å². The number of fused-ring (bicyclic) bond motifs is 1. The van der Waals surface area contributed by atoms with Gasteiger partial charge in [-0.15, -0.1) is 11.3 Å². The average molecular weight is 601 g/mol. The van der Waals surface area contributed by atoms with Crippen molar-refractivity contribution in [3.8, 4) is 0 Å². The maximum atomic E-state index is 13.3. The van der Waals surface area contributed by atoms with E-state index >= 15 is 0 Å². The Bertz CT molecular complexity index is 1320. The second kappa shape index (κ2) is 11.4. The van der Waals surface area contributed by atoms with Gasteiger partial charge in [0.1, 0.15) is 0 Å².